The highest BCUT2D eigenvalue weighted by Crippen LogP contribution is 2.21. The van der Waals surface area contributed by atoms with Gasteiger partial charge in [0.15, 0.2) is 4.77 Å². The van der Waals surface area contributed by atoms with Crippen LogP contribution < -0.4 is 5.56 Å². The molecule has 0 radical (unpaired) electrons. The number of ether oxygens (including phenoxy) is 1. The minimum Gasteiger partial charge on any atom is -0.494 e. The van der Waals surface area contributed by atoms with Gasteiger partial charge in [-0.15, -0.1) is 0 Å². The molecule has 6 nitrogen and oxygen atoms in total. The molecular weight excluding hydrogens is 398 g/mol. The molecule has 0 fully saturated rings. The Morgan fingerprint density at radius 1 is 1.00 bits per heavy atom. The van der Waals surface area contributed by atoms with E-state index in [1.54, 1.807) is 12.1 Å². The first-order valence-electron chi connectivity index (χ1n) is 9.94. The number of rotatable bonds is 9. The van der Waals surface area contributed by atoms with E-state index in [0.717, 1.165) is 12.8 Å². The van der Waals surface area contributed by atoms with Gasteiger partial charge in [-0.3, -0.25) is 18.9 Å². The van der Waals surface area contributed by atoms with Gasteiger partial charge in [-0.05, 0) is 42.9 Å². The van der Waals surface area contributed by atoms with Gasteiger partial charge >= 0.3 is 0 Å². The number of aromatic hydroxyl groups is 1. The van der Waals surface area contributed by atoms with E-state index >= 15 is 0 Å². The van der Waals surface area contributed by atoms with Crippen molar-refractivity contribution in [3.05, 3.63) is 81.4 Å². The first kappa shape index (κ1) is 21.7. The zero-order valence-corrected chi connectivity index (χ0v) is 17.7. The van der Waals surface area contributed by atoms with Gasteiger partial charge in [-0.1, -0.05) is 49.7 Å². The standard InChI is InChI=1S/C23H25N3O3S/c1-2-3-15-29-16-14-24-17-20-21(27)25(18-10-6-4-7-11-18)23(30)26(22(20)28)19-12-8-5-9-13-19/h4-13,17,27H,2-3,14-16H2,1H3. The zero-order valence-electron chi connectivity index (χ0n) is 16.9. The summed E-state index contributed by atoms with van der Waals surface area (Å²) in [6.07, 6.45) is 3.47. The first-order chi connectivity index (χ1) is 14.6. The minimum atomic E-state index is -0.425. The molecule has 3 aromatic rings. The summed E-state index contributed by atoms with van der Waals surface area (Å²) in [5.74, 6) is -0.237. The Balaban J connectivity index is 2.06. The van der Waals surface area contributed by atoms with Crippen LogP contribution in [0.5, 0.6) is 5.88 Å². The maximum atomic E-state index is 13.2. The second kappa shape index (κ2) is 10.7. The molecule has 0 aliphatic heterocycles. The van der Waals surface area contributed by atoms with Crippen molar-refractivity contribution in [3.8, 4) is 17.3 Å². The molecule has 1 heterocycles. The minimum absolute atomic E-state index is 0.0739. The molecule has 7 heteroatoms. The predicted octanol–water partition coefficient (Wildman–Crippen LogP) is 4.30. The summed E-state index contributed by atoms with van der Waals surface area (Å²) >= 11 is 5.59. The maximum Gasteiger partial charge on any atom is 0.271 e. The van der Waals surface area contributed by atoms with Crippen LogP contribution in [0.4, 0.5) is 0 Å². The number of hydrogen-bond donors (Lipinski definition) is 1. The van der Waals surface area contributed by atoms with E-state index in [-0.39, 0.29) is 16.2 Å². The van der Waals surface area contributed by atoms with Crippen LogP contribution in [0.3, 0.4) is 0 Å². The van der Waals surface area contributed by atoms with Crippen molar-refractivity contribution in [1.82, 2.24) is 9.13 Å². The number of unbranched alkanes of at least 4 members (excludes halogenated alkanes) is 1. The van der Waals surface area contributed by atoms with Crippen LogP contribution in [0.25, 0.3) is 11.4 Å². The summed E-state index contributed by atoms with van der Waals surface area (Å²) in [5, 5.41) is 10.9. The van der Waals surface area contributed by atoms with Crippen molar-refractivity contribution >= 4 is 18.4 Å². The van der Waals surface area contributed by atoms with Crippen LogP contribution in [-0.2, 0) is 4.74 Å². The summed E-state index contributed by atoms with van der Waals surface area (Å²) in [6.45, 7) is 3.65. The van der Waals surface area contributed by atoms with Gasteiger partial charge in [-0.25, -0.2) is 0 Å². The van der Waals surface area contributed by atoms with Crippen molar-refractivity contribution in [2.75, 3.05) is 19.8 Å². The summed E-state index contributed by atoms with van der Waals surface area (Å²) < 4.78 is 8.55. The van der Waals surface area contributed by atoms with Crippen LogP contribution in [-0.4, -0.2) is 40.2 Å². The summed E-state index contributed by atoms with van der Waals surface area (Å²) in [6, 6.07) is 18.3. The SMILES string of the molecule is CCCCOCCN=Cc1c(O)n(-c2ccccc2)c(=S)n(-c2ccccc2)c1=O. The lowest BCUT2D eigenvalue weighted by molar-refractivity contribution is 0.139. The predicted molar refractivity (Wildman–Crippen MR) is 122 cm³/mol. The Morgan fingerprint density at radius 2 is 1.60 bits per heavy atom. The van der Waals surface area contributed by atoms with E-state index in [9.17, 15) is 9.90 Å². The second-order valence-electron chi connectivity index (χ2n) is 6.67. The first-order valence-corrected chi connectivity index (χ1v) is 10.4. The molecule has 0 amide bonds. The Labute approximate surface area is 180 Å². The van der Waals surface area contributed by atoms with Crippen molar-refractivity contribution in [3.63, 3.8) is 0 Å². The number of aliphatic imine (C=N–C) groups is 1. The zero-order chi connectivity index (χ0) is 21.3. The maximum absolute atomic E-state index is 13.2. The van der Waals surface area contributed by atoms with Gasteiger partial charge < -0.3 is 9.84 Å². The molecule has 0 aliphatic rings. The van der Waals surface area contributed by atoms with Gasteiger partial charge in [0.05, 0.1) is 24.5 Å². The fourth-order valence-electron chi connectivity index (χ4n) is 2.96. The molecule has 0 spiro atoms. The molecular formula is C23H25N3O3S. The van der Waals surface area contributed by atoms with Crippen molar-refractivity contribution < 1.29 is 9.84 Å². The van der Waals surface area contributed by atoms with Crippen molar-refractivity contribution in [2.45, 2.75) is 19.8 Å². The molecule has 0 saturated carbocycles. The largest absolute Gasteiger partial charge is 0.494 e. The average molecular weight is 424 g/mol. The Hall–Kier alpha value is -3.03. The summed E-state index contributed by atoms with van der Waals surface area (Å²) in [7, 11) is 0. The number of aromatic nitrogens is 2. The quantitative estimate of drug-likeness (QED) is 0.317. The molecule has 1 N–H and O–H groups in total. The second-order valence-corrected chi connectivity index (χ2v) is 7.03. The number of para-hydroxylation sites is 2. The lowest BCUT2D eigenvalue weighted by Crippen LogP contribution is -2.27. The smallest absolute Gasteiger partial charge is 0.271 e. The normalized spacial score (nSPS) is 11.2. The number of hydrogen-bond acceptors (Lipinski definition) is 5. The molecule has 0 unspecified atom stereocenters. The topological polar surface area (TPSA) is 68.8 Å². The third-order valence-electron chi connectivity index (χ3n) is 4.52. The summed E-state index contributed by atoms with van der Waals surface area (Å²) in [5.41, 5.74) is 0.924. The van der Waals surface area contributed by atoms with E-state index < -0.39 is 5.56 Å². The molecule has 156 valence electrons. The summed E-state index contributed by atoms with van der Waals surface area (Å²) in [4.78, 5) is 17.5. The molecule has 0 aliphatic carbocycles. The van der Waals surface area contributed by atoms with Crippen LogP contribution in [0.1, 0.15) is 25.3 Å². The molecule has 30 heavy (non-hydrogen) atoms. The van der Waals surface area contributed by atoms with E-state index in [1.807, 2.05) is 48.5 Å². The molecule has 1 aromatic heterocycles. The third kappa shape index (κ3) is 4.93. The lowest BCUT2D eigenvalue weighted by Gasteiger charge is -2.16. The van der Waals surface area contributed by atoms with E-state index in [4.69, 9.17) is 17.0 Å². The Bertz CT molecular complexity index is 1110. The Morgan fingerprint density at radius 3 is 2.20 bits per heavy atom. The molecule has 0 saturated heterocycles. The number of nitrogens with zero attached hydrogens (tertiary/aromatic N) is 3. The molecule has 0 bridgehead atoms. The lowest BCUT2D eigenvalue weighted by atomic mass is 10.2. The van der Waals surface area contributed by atoms with Crippen molar-refractivity contribution in [1.29, 1.82) is 0 Å². The third-order valence-corrected chi connectivity index (χ3v) is 4.89. The van der Waals surface area contributed by atoms with E-state index in [2.05, 4.69) is 11.9 Å². The van der Waals surface area contributed by atoms with Gasteiger partial charge in [0, 0.05) is 12.8 Å². The fraction of sp³-hybridized carbons (Fsp3) is 0.261. The number of benzene rings is 2. The molecule has 3 rings (SSSR count). The van der Waals surface area contributed by atoms with E-state index in [0.29, 0.717) is 31.1 Å². The van der Waals surface area contributed by atoms with Crippen LogP contribution in [0.2, 0.25) is 0 Å². The van der Waals surface area contributed by atoms with Crippen molar-refractivity contribution in [2.24, 2.45) is 4.99 Å². The fourth-order valence-corrected chi connectivity index (χ4v) is 3.34. The van der Waals surface area contributed by atoms with Gasteiger partial charge in [0.2, 0.25) is 5.88 Å². The van der Waals surface area contributed by atoms with Gasteiger partial charge in [-0.2, -0.15) is 0 Å². The highest BCUT2D eigenvalue weighted by atomic mass is 32.1. The monoisotopic (exact) mass is 423 g/mol. The highest BCUT2D eigenvalue weighted by molar-refractivity contribution is 7.71. The van der Waals surface area contributed by atoms with Crippen LogP contribution in [0.15, 0.2) is 70.5 Å². The molecule has 2 aromatic carbocycles. The van der Waals surface area contributed by atoms with Crippen LogP contribution in [0, 0.1) is 4.77 Å². The van der Waals surface area contributed by atoms with Gasteiger partial charge in [0.1, 0.15) is 5.56 Å². The van der Waals surface area contributed by atoms with Crippen LogP contribution >= 0.6 is 12.2 Å². The molecule has 0 atom stereocenters. The Kier molecular flexibility index (Phi) is 7.70. The highest BCUT2D eigenvalue weighted by Gasteiger charge is 2.17. The van der Waals surface area contributed by atoms with E-state index in [1.165, 1.54) is 15.3 Å². The average Bonchev–Trinajstić information content (AvgIpc) is 2.76. The van der Waals surface area contributed by atoms with Gasteiger partial charge in [0.25, 0.3) is 5.56 Å².